The molecule has 0 unspecified atom stereocenters. The van der Waals surface area contributed by atoms with Gasteiger partial charge in [-0.3, -0.25) is 9.48 Å². The third-order valence-corrected chi connectivity index (χ3v) is 3.87. The minimum atomic E-state index is -0.562. The van der Waals surface area contributed by atoms with Gasteiger partial charge in [-0.15, -0.1) is 4.68 Å². The van der Waals surface area contributed by atoms with Gasteiger partial charge in [0.1, 0.15) is 0 Å². The van der Waals surface area contributed by atoms with E-state index in [-0.39, 0.29) is 12.4 Å². The summed E-state index contributed by atoms with van der Waals surface area (Å²) < 4.78 is 2.79. The first-order valence-corrected chi connectivity index (χ1v) is 7.98. The smallest absolute Gasteiger partial charge is 0.345 e. The van der Waals surface area contributed by atoms with Crippen LogP contribution in [0.15, 0.2) is 42.7 Å². The molecule has 0 saturated heterocycles. The predicted octanol–water partition coefficient (Wildman–Crippen LogP) is 2.29. The molecular weight excluding hydrogens is 336 g/mol. The van der Waals surface area contributed by atoms with Gasteiger partial charge < -0.3 is 15.4 Å². The van der Waals surface area contributed by atoms with Crippen LogP contribution in [0.25, 0.3) is 0 Å². The fraction of sp³-hybridized carbons (Fsp3) is 0.235. The zero-order valence-electron chi connectivity index (χ0n) is 14.4. The Morgan fingerprint density at radius 1 is 1.31 bits per heavy atom. The molecule has 0 bridgehead atoms. The summed E-state index contributed by atoms with van der Waals surface area (Å²) in [5, 5.41) is 21.9. The first-order valence-electron chi connectivity index (χ1n) is 7.98. The zero-order chi connectivity index (χ0) is 18.7. The van der Waals surface area contributed by atoms with Crippen LogP contribution in [0.1, 0.15) is 16.8 Å². The highest BCUT2D eigenvalue weighted by Gasteiger charge is 2.19. The van der Waals surface area contributed by atoms with Gasteiger partial charge in [0, 0.05) is 6.20 Å². The quantitative estimate of drug-likeness (QED) is 0.540. The molecule has 26 heavy (non-hydrogen) atoms. The maximum Gasteiger partial charge on any atom is 0.345 e. The van der Waals surface area contributed by atoms with Gasteiger partial charge in [-0.1, -0.05) is 29.4 Å². The summed E-state index contributed by atoms with van der Waals surface area (Å²) in [5.41, 5.74) is 3.30. The Bertz CT molecular complexity index is 959. The van der Waals surface area contributed by atoms with Crippen LogP contribution in [0.5, 0.6) is 0 Å². The lowest BCUT2D eigenvalue weighted by Gasteiger charge is -2.05. The summed E-state index contributed by atoms with van der Waals surface area (Å²) in [7, 11) is 0. The van der Waals surface area contributed by atoms with E-state index in [0.29, 0.717) is 17.9 Å². The van der Waals surface area contributed by atoms with Crippen molar-refractivity contribution in [1.29, 1.82) is 0 Å². The third-order valence-electron chi connectivity index (χ3n) is 3.87. The van der Waals surface area contributed by atoms with Crippen molar-refractivity contribution in [3.8, 4) is 0 Å². The van der Waals surface area contributed by atoms with Crippen LogP contribution in [0.4, 0.5) is 11.5 Å². The Balaban J connectivity index is 1.65. The number of benzene rings is 1. The van der Waals surface area contributed by atoms with E-state index >= 15 is 0 Å². The van der Waals surface area contributed by atoms with Gasteiger partial charge in [0.05, 0.1) is 30.2 Å². The highest BCUT2D eigenvalue weighted by molar-refractivity contribution is 5.90. The number of aromatic nitrogens is 4. The normalized spacial score (nSPS) is 10.7. The van der Waals surface area contributed by atoms with Crippen LogP contribution < -0.4 is 5.32 Å². The van der Waals surface area contributed by atoms with Crippen molar-refractivity contribution in [1.82, 2.24) is 19.6 Å². The monoisotopic (exact) mass is 354 g/mol. The number of hydrogen-bond donors (Lipinski definition) is 1. The second-order valence-corrected chi connectivity index (χ2v) is 5.96. The van der Waals surface area contributed by atoms with Crippen molar-refractivity contribution in [3.63, 3.8) is 0 Å². The number of aryl methyl sites for hydroxylation is 2. The highest BCUT2D eigenvalue weighted by Crippen LogP contribution is 2.14. The number of rotatable bonds is 6. The van der Waals surface area contributed by atoms with Crippen LogP contribution in [-0.4, -0.2) is 30.4 Å². The molecule has 9 nitrogen and oxygen atoms in total. The fourth-order valence-corrected chi connectivity index (χ4v) is 2.61. The fourth-order valence-electron chi connectivity index (χ4n) is 2.61. The van der Waals surface area contributed by atoms with E-state index in [1.807, 2.05) is 31.2 Å². The first kappa shape index (κ1) is 17.3. The Morgan fingerprint density at radius 2 is 2.08 bits per heavy atom. The van der Waals surface area contributed by atoms with Crippen molar-refractivity contribution < 1.29 is 9.72 Å². The van der Waals surface area contributed by atoms with Crippen molar-refractivity contribution >= 4 is 17.4 Å². The van der Waals surface area contributed by atoms with E-state index in [1.54, 1.807) is 24.0 Å². The molecule has 0 aliphatic carbocycles. The van der Waals surface area contributed by atoms with E-state index in [1.165, 1.54) is 6.07 Å². The summed E-state index contributed by atoms with van der Waals surface area (Å²) >= 11 is 0. The van der Waals surface area contributed by atoms with Gasteiger partial charge in [-0.05, 0) is 29.9 Å². The van der Waals surface area contributed by atoms with Crippen LogP contribution in [0.2, 0.25) is 0 Å². The molecule has 2 aromatic heterocycles. The van der Waals surface area contributed by atoms with Gasteiger partial charge in [-0.25, -0.2) is 0 Å². The van der Waals surface area contributed by atoms with Crippen LogP contribution in [-0.2, 0) is 17.9 Å². The molecule has 2 heterocycles. The summed E-state index contributed by atoms with van der Waals surface area (Å²) in [5.74, 6) is -0.625. The number of carbonyl (C=O) groups excluding carboxylic acids is 1. The van der Waals surface area contributed by atoms with Crippen LogP contribution >= 0.6 is 0 Å². The minimum absolute atomic E-state index is 0.215. The molecule has 0 spiro atoms. The average Bonchev–Trinajstić information content (AvgIpc) is 3.16. The maximum atomic E-state index is 12.2. The number of nitrogens with one attached hydrogen (secondary N) is 1. The predicted molar refractivity (Wildman–Crippen MR) is 94.8 cm³/mol. The number of anilines is 1. The van der Waals surface area contributed by atoms with E-state index in [2.05, 4.69) is 15.5 Å². The number of hydrogen-bond acceptors (Lipinski definition) is 5. The Morgan fingerprint density at radius 3 is 2.81 bits per heavy atom. The second-order valence-electron chi connectivity index (χ2n) is 5.96. The zero-order valence-corrected chi connectivity index (χ0v) is 14.4. The van der Waals surface area contributed by atoms with Gasteiger partial charge in [0.2, 0.25) is 0 Å². The molecule has 0 saturated carbocycles. The third kappa shape index (κ3) is 3.94. The van der Waals surface area contributed by atoms with Gasteiger partial charge >= 0.3 is 5.82 Å². The average molecular weight is 354 g/mol. The Kier molecular flexibility index (Phi) is 4.78. The van der Waals surface area contributed by atoms with Gasteiger partial charge in [-0.2, -0.15) is 5.10 Å². The van der Waals surface area contributed by atoms with Crippen molar-refractivity contribution in [2.75, 3.05) is 5.32 Å². The lowest BCUT2D eigenvalue weighted by Crippen LogP contribution is -2.20. The molecule has 9 heteroatoms. The lowest BCUT2D eigenvalue weighted by atomic mass is 10.1. The van der Waals surface area contributed by atoms with E-state index in [9.17, 15) is 14.9 Å². The second kappa shape index (κ2) is 7.18. The molecule has 1 aromatic carbocycles. The van der Waals surface area contributed by atoms with Crippen LogP contribution in [0.3, 0.4) is 0 Å². The highest BCUT2D eigenvalue weighted by atomic mass is 16.6. The van der Waals surface area contributed by atoms with Crippen molar-refractivity contribution in [3.05, 3.63) is 69.7 Å². The molecular formula is C17H18N6O3. The number of carbonyl (C=O) groups is 1. The molecule has 0 aliphatic rings. The van der Waals surface area contributed by atoms with Crippen LogP contribution in [0, 0.1) is 24.0 Å². The summed E-state index contributed by atoms with van der Waals surface area (Å²) in [6, 6.07) is 9.32. The standard InChI is InChI=1S/C17H18N6O3/c1-12-5-3-4-6-14(12)9-21-10-15(8-18-21)19-16(24)11-22-17(23(25)26)7-13(2)20-22/h3-8,10H,9,11H2,1-2H3,(H,19,24). The Hall–Kier alpha value is -3.49. The SMILES string of the molecule is Cc1cc([N+](=O)[O-])n(CC(=O)Nc2cnn(Cc3ccccc3C)c2)n1. The summed E-state index contributed by atoms with van der Waals surface area (Å²) in [4.78, 5) is 22.6. The van der Waals surface area contributed by atoms with Crippen molar-refractivity contribution in [2.45, 2.75) is 26.9 Å². The lowest BCUT2D eigenvalue weighted by molar-refractivity contribution is -0.392. The maximum absolute atomic E-state index is 12.2. The van der Waals surface area contributed by atoms with Gasteiger partial charge in [0.25, 0.3) is 5.91 Å². The molecule has 1 N–H and O–H groups in total. The van der Waals surface area contributed by atoms with Gasteiger partial charge in [0.15, 0.2) is 6.54 Å². The molecule has 134 valence electrons. The van der Waals surface area contributed by atoms with E-state index < -0.39 is 10.8 Å². The molecule has 0 fully saturated rings. The van der Waals surface area contributed by atoms with Crippen molar-refractivity contribution in [2.24, 2.45) is 0 Å². The minimum Gasteiger partial charge on any atom is -0.358 e. The molecule has 0 atom stereocenters. The molecule has 0 aliphatic heterocycles. The molecule has 3 aromatic rings. The first-order chi connectivity index (χ1) is 12.4. The molecule has 3 rings (SSSR count). The molecule has 1 amide bonds. The molecule has 0 radical (unpaired) electrons. The largest absolute Gasteiger partial charge is 0.358 e. The Labute approximate surface area is 149 Å². The van der Waals surface area contributed by atoms with E-state index in [4.69, 9.17) is 0 Å². The summed E-state index contributed by atoms with van der Waals surface area (Å²) in [6.45, 7) is 4.01. The topological polar surface area (TPSA) is 108 Å². The van der Waals surface area contributed by atoms with E-state index in [0.717, 1.165) is 15.8 Å². The number of nitrogens with zero attached hydrogens (tertiary/aromatic N) is 5. The summed E-state index contributed by atoms with van der Waals surface area (Å²) in [6.07, 6.45) is 3.26. The number of amides is 1. The number of nitro groups is 1.